The highest BCUT2D eigenvalue weighted by atomic mass is 16.5. The molecule has 1 saturated heterocycles. The van der Waals surface area contributed by atoms with Crippen LogP contribution in [0.5, 0.6) is 11.5 Å². The van der Waals surface area contributed by atoms with Crippen molar-refractivity contribution in [2.24, 2.45) is 0 Å². The van der Waals surface area contributed by atoms with E-state index in [-0.39, 0.29) is 18.4 Å². The van der Waals surface area contributed by atoms with Gasteiger partial charge in [0.25, 0.3) is 5.91 Å². The first kappa shape index (κ1) is 18.8. The van der Waals surface area contributed by atoms with Crippen molar-refractivity contribution in [3.63, 3.8) is 0 Å². The van der Waals surface area contributed by atoms with Gasteiger partial charge < -0.3 is 19.7 Å². The number of hydrogen-bond donors (Lipinski definition) is 1. The highest BCUT2D eigenvalue weighted by Crippen LogP contribution is 2.33. The van der Waals surface area contributed by atoms with Crippen LogP contribution in [0.4, 0.5) is 11.4 Å². The van der Waals surface area contributed by atoms with Gasteiger partial charge in [0.1, 0.15) is 11.5 Å². The number of nitrogens with one attached hydrogen (secondary N) is 1. The Morgan fingerprint density at radius 1 is 1.19 bits per heavy atom. The molecule has 6 heteroatoms. The van der Waals surface area contributed by atoms with Crippen molar-refractivity contribution in [1.82, 2.24) is 0 Å². The zero-order valence-corrected chi connectivity index (χ0v) is 15.7. The average molecular weight is 368 g/mol. The summed E-state index contributed by atoms with van der Waals surface area (Å²) in [6.45, 7) is 2.53. The third-order valence-corrected chi connectivity index (χ3v) is 4.44. The molecular weight excluding hydrogens is 344 g/mol. The summed E-state index contributed by atoms with van der Waals surface area (Å²) in [5.74, 6) is 1.07. The van der Waals surface area contributed by atoms with Crippen LogP contribution in [0, 0.1) is 6.92 Å². The van der Waals surface area contributed by atoms with E-state index in [0.717, 1.165) is 18.4 Å². The highest BCUT2D eigenvalue weighted by Gasteiger charge is 2.23. The number of benzene rings is 2. The SMILES string of the molecule is COc1ccc(NC(=O)COc2cccc(C)c2)cc1N1CCCCC1=O. The highest BCUT2D eigenvalue weighted by molar-refractivity contribution is 5.97. The molecule has 0 unspecified atom stereocenters. The molecule has 2 aromatic carbocycles. The van der Waals surface area contributed by atoms with Crippen molar-refractivity contribution in [2.45, 2.75) is 26.2 Å². The molecule has 0 saturated carbocycles. The van der Waals surface area contributed by atoms with Crippen LogP contribution in [0.1, 0.15) is 24.8 Å². The molecule has 0 spiro atoms. The number of anilines is 2. The zero-order chi connectivity index (χ0) is 19.2. The Morgan fingerprint density at radius 3 is 2.78 bits per heavy atom. The minimum atomic E-state index is -0.266. The lowest BCUT2D eigenvalue weighted by Crippen LogP contribution is -2.35. The van der Waals surface area contributed by atoms with Gasteiger partial charge in [0.2, 0.25) is 5.91 Å². The van der Waals surface area contributed by atoms with Crippen molar-refractivity contribution in [3.8, 4) is 11.5 Å². The number of carbonyl (C=O) groups excluding carboxylic acids is 2. The van der Waals surface area contributed by atoms with E-state index in [9.17, 15) is 9.59 Å². The number of ether oxygens (including phenoxy) is 2. The van der Waals surface area contributed by atoms with Crippen molar-refractivity contribution >= 4 is 23.2 Å². The van der Waals surface area contributed by atoms with Gasteiger partial charge in [0, 0.05) is 18.7 Å². The largest absolute Gasteiger partial charge is 0.495 e. The molecule has 1 heterocycles. The third kappa shape index (κ3) is 4.78. The van der Waals surface area contributed by atoms with Gasteiger partial charge in [0.15, 0.2) is 6.61 Å². The second-order valence-corrected chi connectivity index (χ2v) is 6.54. The number of carbonyl (C=O) groups is 2. The predicted molar refractivity (Wildman–Crippen MR) is 105 cm³/mol. The molecule has 2 aromatic rings. The molecule has 3 rings (SSSR count). The maximum absolute atomic E-state index is 12.2. The summed E-state index contributed by atoms with van der Waals surface area (Å²) in [5, 5.41) is 2.81. The predicted octanol–water partition coefficient (Wildman–Crippen LogP) is 3.54. The van der Waals surface area contributed by atoms with Crippen molar-refractivity contribution in [1.29, 1.82) is 0 Å². The fourth-order valence-corrected chi connectivity index (χ4v) is 3.09. The molecule has 1 fully saturated rings. The van der Waals surface area contributed by atoms with Crippen LogP contribution < -0.4 is 19.7 Å². The van der Waals surface area contributed by atoms with Gasteiger partial charge in [-0.05, 0) is 55.7 Å². The number of methoxy groups -OCH3 is 1. The van der Waals surface area contributed by atoms with Crippen LogP contribution in [-0.4, -0.2) is 32.1 Å². The maximum atomic E-state index is 12.2. The van der Waals surface area contributed by atoms with Crippen LogP contribution in [0.15, 0.2) is 42.5 Å². The topological polar surface area (TPSA) is 67.9 Å². The first-order valence-corrected chi connectivity index (χ1v) is 9.04. The van der Waals surface area contributed by atoms with Crippen molar-refractivity contribution < 1.29 is 19.1 Å². The van der Waals surface area contributed by atoms with Crippen LogP contribution in [0.25, 0.3) is 0 Å². The summed E-state index contributed by atoms with van der Waals surface area (Å²) in [7, 11) is 1.57. The molecule has 0 radical (unpaired) electrons. The Bertz CT molecular complexity index is 835. The van der Waals surface area contributed by atoms with E-state index in [4.69, 9.17) is 9.47 Å². The van der Waals surface area contributed by atoms with Gasteiger partial charge in [0.05, 0.1) is 12.8 Å². The smallest absolute Gasteiger partial charge is 0.262 e. The Labute approximate surface area is 159 Å². The molecule has 0 aromatic heterocycles. The third-order valence-electron chi connectivity index (χ3n) is 4.44. The fourth-order valence-electron chi connectivity index (χ4n) is 3.09. The van der Waals surface area contributed by atoms with Crippen molar-refractivity contribution in [3.05, 3.63) is 48.0 Å². The Hall–Kier alpha value is -3.02. The monoisotopic (exact) mass is 368 g/mol. The first-order valence-electron chi connectivity index (χ1n) is 9.04. The molecule has 0 bridgehead atoms. The van der Waals surface area contributed by atoms with E-state index in [0.29, 0.717) is 35.8 Å². The summed E-state index contributed by atoms with van der Waals surface area (Å²) in [4.78, 5) is 26.2. The number of nitrogens with zero attached hydrogens (tertiary/aromatic N) is 1. The standard InChI is InChI=1S/C21H24N2O4/c1-15-6-5-7-17(12-15)27-14-20(24)22-16-9-10-19(26-2)18(13-16)23-11-4-3-8-21(23)25/h5-7,9-10,12-13H,3-4,8,11,14H2,1-2H3,(H,22,24). The molecule has 142 valence electrons. The van der Waals surface area contributed by atoms with E-state index in [1.165, 1.54) is 0 Å². The van der Waals surface area contributed by atoms with Gasteiger partial charge in [-0.15, -0.1) is 0 Å². The molecule has 0 atom stereocenters. The van der Waals surface area contributed by atoms with E-state index in [2.05, 4.69) is 5.32 Å². The fraction of sp³-hybridized carbons (Fsp3) is 0.333. The summed E-state index contributed by atoms with van der Waals surface area (Å²) < 4.78 is 10.9. The Balaban J connectivity index is 1.68. The number of amides is 2. The lowest BCUT2D eigenvalue weighted by Gasteiger charge is -2.28. The van der Waals surface area contributed by atoms with Crippen molar-refractivity contribution in [2.75, 3.05) is 30.5 Å². The molecule has 6 nitrogen and oxygen atoms in total. The van der Waals surface area contributed by atoms with Crippen LogP contribution in [-0.2, 0) is 9.59 Å². The summed E-state index contributed by atoms with van der Waals surface area (Å²) >= 11 is 0. The lowest BCUT2D eigenvalue weighted by atomic mass is 10.1. The average Bonchev–Trinajstić information content (AvgIpc) is 2.67. The second-order valence-electron chi connectivity index (χ2n) is 6.54. The number of hydrogen-bond acceptors (Lipinski definition) is 4. The lowest BCUT2D eigenvalue weighted by molar-refractivity contribution is -0.119. The number of aryl methyl sites for hydroxylation is 1. The van der Waals surface area contributed by atoms with E-state index in [1.807, 2.05) is 31.2 Å². The maximum Gasteiger partial charge on any atom is 0.262 e. The van der Waals surface area contributed by atoms with Gasteiger partial charge in [-0.1, -0.05) is 12.1 Å². The van der Waals surface area contributed by atoms with Gasteiger partial charge in [-0.25, -0.2) is 0 Å². The minimum absolute atomic E-state index is 0.0748. The van der Waals surface area contributed by atoms with Gasteiger partial charge >= 0.3 is 0 Å². The van der Waals surface area contributed by atoms with Crippen LogP contribution >= 0.6 is 0 Å². The van der Waals surface area contributed by atoms with E-state index >= 15 is 0 Å². The molecule has 1 aliphatic heterocycles. The second kappa shape index (κ2) is 8.58. The zero-order valence-electron chi connectivity index (χ0n) is 15.7. The Morgan fingerprint density at radius 2 is 2.04 bits per heavy atom. The molecule has 1 N–H and O–H groups in total. The molecule has 1 aliphatic rings. The molecular formula is C21H24N2O4. The van der Waals surface area contributed by atoms with Crippen LogP contribution in [0.2, 0.25) is 0 Å². The van der Waals surface area contributed by atoms with E-state index in [1.54, 1.807) is 30.2 Å². The van der Waals surface area contributed by atoms with Gasteiger partial charge in [-0.3, -0.25) is 9.59 Å². The summed E-state index contributed by atoms with van der Waals surface area (Å²) in [5.41, 5.74) is 2.35. The number of rotatable bonds is 6. The minimum Gasteiger partial charge on any atom is -0.495 e. The quantitative estimate of drug-likeness (QED) is 0.847. The molecule has 27 heavy (non-hydrogen) atoms. The first-order chi connectivity index (χ1) is 13.1. The normalized spacial score (nSPS) is 14.0. The molecule has 0 aliphatic carbocycles. The molecule has 2 amide bonds. The van der Waals surface area contributed by atoms with Crippen LogP contribution in [0.3, 0.4) is 0 Å². The van der Waals surface area contributed by atoms with Gasteiger partial charge in [-0.2, -0.15) is 0 Å². The summed E-state index contributed by atoms with van der Waals surface area (Å²) in [6.07, 6.45) is 2.39. The number of piperidine rings is 1. The van der Waals surface area contributed by atoms with E-state index < -0.39 is 0 Å². The Kier molecular flexibility index (Phi) is 5.96. The summed E-state index contributed by atoms with van der Waals surface area (Å²) in [6, 6.07) is 12.8.